The van der Waals surface area contributed by atoms with Crippen LogP contribution >= 0.6 is 31.9 Å². The van der Waals surface area contributed by atoms with E-state index in [9.17, 15) is 27.5 Å². The van der Waals surface area contributed by atoms with Crippen molar-refractivity contribution in [2.24, 2.45) is 5.92 Å². The highest BCUT2D eigenvalue weighted by atomic mass is 79.9. The predicted octanol–water partition coefficient (Wildman–Crippen LogP) is 4.62. The van der Waals surface area contributed by atoms with Gasteiger partial charge in [-0.1, -0.05) is 52.7 Å². The molecular formula is C25H27Br2FN2O6S. The van der Waals surface area contributed by atoms with Crippen LogP contribution in [0.5, 0.6) is 0 Å². The second kappa shape index (κ2) is 11.6. The highest BCUT2D eigenvalue weighted by Crippen LogP contribution is 2.50. The molecule has 2 aromatic carbocycles. The summed E-state index contributed by atoms with van der Waals surface area (Å²) in [6.07, 6.45) is 0.205. The topological polar surface area (TPSA) is 104 Å². The van der Waals surface area contributed by atoms with Crippen molar-refractivity contribution in [1.29, 1.82) is 0 Å². The van der Waals surface area contributed by atoms with Crippen molar-refractivity contribution in [2.45, 2.75) is 37.2 Å². The lowest BCUT2D eigenvalue weighted by molar-refractivity contribution is -0.144. The number of nitrogens with zero attached hydrogens (tertiary/aromatic N) is 2. The fraction of sp³-hybridized carbons (Fsp3) is 0.360. The Bertz CT molecular complexity index is 1300. The molecule has 8 nitrogen and oxygen atoms in total. The van der Waals surface area contributed by atoms with Crippen LogP contribution in [0.25, 0.3) is 0 Å². The number of carboxylic acids is 1. The van der Waals surface area contributed by atoms with Crippen LogP contribution in [0.1, 0.15) is 24.5 Å². The maximum absolute atomic E-state index is 13.8. The normalized spacial score (nSPS) is 20.0. The van der Waals surface area contributed by atoms with Crippen LogP contribution in [0, 0.1) is 18.7 Å². The van der Waals surface area contributed by atoms with Gasteiger partial charge in [-0.2, -0.15) is 4.31 Å². The number of halogens is 3. The molecule has 1 aliphatic rings. The van der Waals surface area contributed by atoms with Crippen molar-refractivity contribution < 1.29 is 32.2 Å². The lowest BCUT2D eigenvalue weighted by Crippen LogP contribution is -2.58. The van der Waals surface area contributed by atoms with E-state index in [0.717, 1.165) is 17.0 Å². The van der Waals surface area contributed by atoms with Gasteiger partial charge in [-0.05, 0) is 59.1 Å². The average Bonchev–Trinajstić information content (AvgIpc) is 3.06. The number of hydrogen-bond acceptors (Lipinski definition) is 6. The van der Waals surface area contributed by atoms with Crippen LogP contribution in [0.2, 0.25) is 0 Å². The van der Waals surface area contributed by atoms with Gasteiger partial charge in [-0.3, -0.25) is 9.59 Å². The van der Waals surface area contributed by atoms with Gasteiger partial charge in [-0.15, -0.1) is 0 Å². The number of aliphatic carboxylic acids is 1. The molecule has 2 atom stereocenters. The summed E-state index contributed by atoms with van der Waals surface area (Å²) >= 11 is 6.89. The zero-order valence-electron chi connectivity index (χ0n) is 20.4. The van der Waals surface area contributed by atoms with Gasteiger partial charge in [0.2, 0.25) is 10.0 Å². The molecule has 3 rings (SSSR count). The summed E-state index contributed by atoms with van der Waals surface area (Å²) in [6.45, 7) is 2.79. The standard InChI is InChI=1S/C25H27Br2FN2O6S/c1-4-25(15-29(14-20(31)36-3)37(34,35)19-11-5-16(2)6-12-19)21(24(32)33)22(26)23(27)30(25)13-17-7-9-18(28)10-8-17/h5-12,21H,4,13-15H2,1-3H3,(H,32,33). The molecule has 0 spiro atoms. The Hall–Kier alpha value is -2.28. The van der Waals surface area contributed by atoms with E-state index >= 15 is 0 Å². The largest absolute Gasteiger partial charge is 0.481 e. The molecule has 1 N–H and O–H groups in total. The van der Waals surface area contributed by atoms with Gasteiger partial charge in [0.25, 0.3) is 0 Å². The molecule has 1 aliphatic heterocycles. The van der Waals surface area contributed by atoms with Crippen molar-refractivity contribution in [3.63, 3.8) is 0 Å². The van der Waals surface area contributed by atoms with Crippen LogP contribution in [0.4, 0.5) is 4.39 Å². The monoisotopic (exact) mass is 660 g/mol. The van der Waals surface area contributed by atoms with Crippen molar-refractivity contribution in [1.82, 2.24) is 9.21 Å². The molecule has 37 heavy (non-hydrogen) atoms. The molecule has 200 valence electrons. The SMILES string of the molecule is CCC1(CN(CC(=O)OC)S(=O)(=O)c2ccc(C)cc2)C(C(=O)O)C(Br)=C(Br)N1Cc1ccc(F)cc1. The first-order valence-corrected chi connectivity index (χ1v) is 14.3. The molecule has 0 radical (unpaired) electrons. The van der Waals surface area contributed by atoms with Gasteiger partial charge in [-0.25, -0.2) is 12.8 Å². The Morgan fingerprint density at radius 3 is 2.24 bits per heavy atom. The van der Waals surface area contributed by atoms with Crippen LogP contribution < -0.4 is 0 Å². The Labute approximate surface area is 232 Å². The molecule has 12 heteroatoms. The van der Waals surface area contributed by atoms with E-state index in [1.165, 1.54) is 24.3 Å². The fourth-order valence-electron chi connectivity index (χ4n) is 4.46. The number of aryl methyl sites for hydroxylation is 1. The summed E-state index contributed by atoms with van der Waals surface area (Å²) in [6, 6.07) is 11.9. The van der Waals surface area contributed by atoms with Crippen LogP contribution in [0.3, 0.4) is 0 Å². The quantitative estimate of drug-likeness (QED) is 0.293. The third-order valence-corrected chi connectivity index (χ3v) is 10.5. The average molecular weight is 662 g/mol. The van der Waals surface area contributed by atoms with Crippen LogP contribution in [0.15, 0.2) is 62.5 Å². The maximum Gasteiger partial charge on any atom is 0.321 e. The van der Waals surface area contributed by atoms with Gasteiger partial charge in [0.1, 0.15) is 18.3 Å². The summed E-state index contributed by atoms with van der Waals surface area (Å²) in [5, 5.41) is 10.3. The molecule has 2 aromatic rings. The van der Waals surface area contributed by atoms with E-state index in [4.69, 9.17) is 4.74 Å². The van der Waals surface area contributed by atoms with E-state index in [1.807, 2.05) is 6.92 Å². The number of rotatable bonds is 10. The number of carbonyl (C=O) groups is 2. The fourth-order valence-corrected chi connectivity index (χ4v) is 7.45. The van der Waals surface area contributed by atoms with Crippen LogP contribution in [-0.2, 0) is 30.9 Å². The Morgan fingerprint density at radius 2 is 1.73 bits per heavy atom. The smallest absolute Gasteiger partial charge is 0.321 e. The Kier molecular flexibility index (Phi) is 9.20. The first kappa shape index (κ1) is 29.3. The summed E-state index contributed by atoms with van der Waals surface area (Å²) in [5.74, 6) is -3.54. The molecular weight excluding hydrogens is 635 g/mol. The van der Waals surface area contributed by atoms with Gasteiger partial charge in [0.15, 0.2) is 0 Å². The third kappa shape index (κ3) is 5.92. The van der Waals surface area contributed by atoms with Crippen molar-refractivity contribution in [3.8, 4) is 0 Å². The molecule has 0 aromatic heterocycles. The number of benzene rings is 2. The number of carbonyl (C=O) groups excluding carboxylic acids is 1. The van der Waals surface area contributed by atoms with E-state index in [1.54, 1.807) is 36.1 Å². The minimum atomic E-state index is -4.23. The van der Waals surface area contributed by atoms with Gasteiger partial charge < -0.3 is 14.7 Å². The zero-order valence-corrected chi connectivity index (χ0v) is 24.4. The number of ether oxygens (including phenoxy) is 1. The number of hydrogen-bond donors (Lipinski definition) is 1. The highest BCUT2D eigenvalue weighted by Gasteiger charge is 2.56. The summed E-state index contributed by atoms with van der Waals surface area (Å²) < 4.78 is 47.5. The highest BCUT2D eigenvalue weighted by molar-refractivity contribution is 9.14. The van der Waals surface area contributed by atoms with E-state index in [2.05, 4.69) is 31.9 Å². The van der Waals surface area contributed by atoms with E-state index < -0.39 is 45.8 Å². The van der Waals surface area contributed by atoms with Crippen LogP contribution in [-0.4, -0.2) is 60.4 Å². The molecule has 0 amide bonds. The van der Waals surface area contributed by atoms with Gasteiger partial charge in [0, 0.05) is 17.6 Å². The molecule has 0 fully saturated rings. The number of sulfonamides is 1. The summed E-state index contributed by atoms with van der Waals surface area (Å²) in [5.41, 5.74) is 0.222. The summed E-state index contributed by atoms with van der Waals surface area (Å²) in [4.78, 5) is 26.6. The molecule has 0 saturated heterocycles. The predicted molar refractivity (Wildman–Crippen MR) is 143 cm³/mol. The minimum Gasteiger partial charge on any atom is -0.481 e. The van der Waals surface area contributed by atoms with Gasteiger partial charge in [0.05, 0.1) is 22.2 Å². The first-order valence-electron chi connectivity index (χ1n) is 11.3. The number of methoxy groups -OCH3 is 1. The summed E-state index contributed by atoms with van der Waals surface area (Å²) in [7, 11) is -3.08. The lowest BCUT2D eigenvalue weighted by Gasteiger charge is -2.45. The second-order valence-corrected chi connectivity index (χ2v) is 12.3. The van der Waals surface area contributed by atoms with Gasteiger partial charge >= 0.3 is 11.9 Å². The molecule has 0 bridgehead atoms. The Morgan fingerprint density at radius 1 is 1.14 bits per heavy atom. The minimum absolute atomic E-state index is 0.0331. The molecule has 1 heterocycles. The van der Waals surface area contributed by atoms with E-state index in [0.29, 0.717) is 14.7 Å². The second-order valence-electron chi connectivity index (χ2n) is 8.74. The maximum atomic E-state index is 13.8. The number of carboxylic acid groups (broad SMARTS) is 1. The van der Waals surface area contributed by atoms with Crippen molar-refractivity contribution in [2.75, 3.05) is 20.2 Å². The zero-order chi connectivity index (χ0) is 27.5. The lowest BCUT2D eigenvalue weighted by atomic mass is 9.82. The van der Waals surface area contributed by atoms with Crippen molar-refractivity contribution >= 4 is 53.8 Å². The Balaban J connectivity index is 2.15. The first-order chi connectivity index (χ1) is 17.4. The number of esters is 1. The third-order valence-electron chi connectivity index (χ3n) is 6.52. The molecule has 0 saturated carbocycles. The molecule has 0 aliphatic carbocycles. The van der Waals surface area contributed by atoms with Crippen molar-refractivity contribution in [3.05, 3.63) is 74.6 Å². The molecule has 2 unspecified atom stereocenters. The van der Waals surface area contributed by atoms with E-state index in [-0.39, 0.29) is 24.4 Å².